The topological polar surface area (TPSA) is 55.4 Å². The molecule has 5 heteroatoms. The summed E-state index contributed by atoms with van der Waals surface area (Å²) in [7, 11) is 0. The predicted octanol–water partition coefficient (Wildman–Crippen LogP) is 4.53. The fraction of sp³-hybridized carbons (Fsp3) is 0.143. The van der Waals surface area contributed by atoms with Crippen molar-refractivity contribution in [1.82, 2.24) is 5.32 Å². The third kappa shape index (κ3) is 4.21. The first kappa shape index (κ1) is 18.0. The first-order chi connectivity index (χ1) is 12.5. The Hall–Kier alpha value is -2.85. The van der Waals surface area contributed by atoms with Gasteiger partial charge in [-0.2, -0.15) is 0 Å². The van der Waals surface area contributed by atoms with Crippen LogP contribution < -0.4 is 5.32 Å². The summed E-state index contributed by atoms with van der Waals surface area (Å²) in [6.07, 6.45) is -0.492. The summed E-state index contributed by atoms with van der Waals surface area (Å²) in [4.78, 5) is 24.3. The molecule has 0 radical (unpaired) electrons. The highest BCUT2D eigenvalue weighted by molar-refractivity contribution is 6.31. The van der Waals surface area contributed by atoms with Gasteiger partial charge in [0.1, 0.15) is 12.6 Å². The smallest absolute Gasteiger partial charge is 0.326 e. The number of hydrogen-bond acceptors (Lipinski definition) is 3. The highest BCUT2D eigenvalue weighted by Crippen LogP contribution is 2.24. The summed E-state index contributed by atoms with van der Waals surface area (Å²) in [5, 5.41) is 5.14. The largest absolute Gasteiger partial charge is 0.456 e. The number of hydrogen-bond donors (Lipinski definition) is 1. The fourth-order valence-electron chi connectivity index (χ4n) is 2.69. The van der Waals surface area contributed by atoms with Crippen molar-refractivity contribution in [2.45, 2.75) is 13.0 Å². The molecule has 0 fully saturated rings. The Morgan fingerprint density at radius 1 is 1.00 bits per heavy atom. The van der Waals surface area contributed by atoms with Gasteiger partial charge in [-0.3, -0.25) is 9.59 Å². The Morgan fingerprint density at radius 3 is 2.46 bits per heavy atom. The van der Waals surface area contributed by atoms with Crippen LogP contribution in [0, 0.1) is 0 Å². The lowest BCUT2D eigenvalue weighted by molar-refractivity contribution is -0.147. The second-order valence-corrected chi connectivity index (χ2v) is 6.31. The number of esters is 1. The van der Waals surface area contributed by atoms with Gasteiger partial charge in [-0.1, -0.05) is 60.1 Å². The standard InChI is InChI=1S/C21H18ClNO3/c1-14(18-8-4-5-9-19(18)22)26-20(24)13-23-21(25)17-11-10-15-6-2-3-7-16(15)12-17/h2-12,14H,13H2,1H3,(H,23,25)/t14-/m1/s1. The Bertz CT molecular complexity index is 955. The van der Waals surface area contributed by atoms with E-state index >= 15 is 0 Å². The van der Waals surface area contributed by atoms with Crippen molar-refractivity contribution in [3.63, 3.8) is 0 Å². The minimum Gasteiger partial charge on any atom is -0.456 e. The van der Waals surface area contributed by atoms with Gasteiger partial charge < -0.3 is 10.1 Å². The zero-order valence-corrected chi connectivity index (χ0v) is 15.0. The maximum atomic E-state index is 12.3. The minimum atomic E-state index is -0.522. The summed E-state index contributed by atoms with van der Waals surface area (Å²) < 4.78 is 5.34. The third-order valence-corrected chi connectivity index (χ3v) is 4.40. The maximum Gasteiger partial charge on any atom is 0.326 e. The van der Waals surface area contributed by atoms with Crippen LogP contribution in [0.4, 0.5) is 0 Å². The molecule has 0 aliphatic carbocycles. The monoisotopic (exact) mass is 367 g/mol. The lowest BCUT2D eigenvalue weighted by Gasteiger charge is -2.15. The lowest BCUT2D eigenvalue weighted by atomic mass is 10.1. The second-order valence-electron chi connectivity index (χ2n) is 5.90. The number of nitrogens with one attached hydrogen (secondary N) is 1. The van der Waals surface area contributed by atoms with Gasteiger partial charge in [-0.05, 0) is 35.9 Å². The highest BCUT2D eigenvalue weighted by atomic mass is 35.5. The van der Waals surface area contributed by atoms with E-state index in [1.54, 1.807) is 31.2 Å². The Balaban J connectivity index is 1.58. The molecule has 0 saturated carbocycles. The molecule has 132 valence electrons. The molecule has 1 amide bonds. The molecule has 0 saturated heterocycles. The number of carbonyl (C=O) groups is 2. The van der Waals surface area contributed by atoms with E-state index in [1.165, 1.54) is 0 Å². The Kier molecular flexibility index (Phi) is 5.54. The van der Waals surface area contributed by atoms with Gasteiger partial charge in [0.25, 0.3) is 5.91 Å². The molecular formula is C21H18ClNO3. The zero-order valence-electron chi connectivity index (χ0n) is 14.2. The average Bonchev–Trinajstić information content (AvgIpc) is 2.66. The Morgan fingerprint density at radius 2 is 1.69 bits per heavy atom. The van der Waals surface area contributed by atoms with Crippen molar-refractivity contribution in [3.05, 3.63) is 82.9 Å². The normalized spacial score (nSPS) is 11.8. The van der Waals surface area contributed by atoms with Crippen LogP contribution in [0.1, 0.15) is 28.9 Å². The predicted molar refractivity (Wildman–Crippen MR) is 102 cm³/mol. The van der Waals surface area contributed by atoms with E-state index in [1.807, 2.05) is 42.5 Å². The number of amides is 1. The van der Waals surface area contributed by atoms with Crippen LogP contribution in [0.5, 0.6) is 0 Å². The first-order valence-electron chi connectivity index (χ1n) is 8.25. The van der Waals surface area contributed by atoms with Crippen molar-refractivity contribution < 1.29 is 14.3 Å². The van der Waals surface area contributed by atoms with Crippen LogP contribution in [0.3, 0.4) is 0 Å². The highest BCUT2D eigenvalue weighted by Gasteiger charge is 2.15. The van der Waals surface area contributed by atoms with Crippen molar-refractivity contribution in [2.24, 2.45) is 0 Å². The molecule has 3 rings (SSSR count). The molecule has 0 aliphatic rings. The van der Waals surface area contributed by atoms with Crippen molar-refractivity contribution in [3.8, 4) is 0 Å². The van der Waals surface area contributed by atoms with Crippen LogP contribution in [-0.2, 0) is 9.53 Å². The Labute approximate surface area is 156 Å². The maximum absolute atomic E-state index is 12.3. The summed E-state index contributed by atoms with van der Waals surface area (Å²) in [5.41, 5.74) is 1.22. The molecule has 3 aromatic rings. The zero-order chi connectivity index (χ0) is 18.5. The molecule has 0 aromatic heterocycles. The van der Waals surface area contributed by atoms with Crippen molar-refractivity contribution in [1.29, 1.82) is 0 Å². The fourth-order valence-corrected chi connectivity index (χ4v) is 2.98. The van der Waals surface area contributed by atoms with E-state index in [4.69, 9.17) is 16.3 Å². The van der Waals surface area contributed by atoms with E-state index in [2.05, 4.69) is 5.32 Å². The van der Waals surface area contributed by atoms with Crippen LogP contribution in [0.25, 0.3) is 10.8 Å². The van der Waals surface area contributed by atoms with Crippen LogP contribution >= 0.6 is 11.6 Å². The molecule has 0 aliphatic heterocycles. The van der Waals surface area contributed by atoms with Crippen molar-refractivity contribution >= 4 is 34.2 Å². The second kappa shape index (κ2) is 8.02. The molecule has 3 aromatic carbocycles. The van der Waals surface area contributed by atoms with E-state index in [0.29, 0.717) is 10.6 Å². The molecule has 4 nitrogen and oxygen atoms in total. The van der Waals surface area contributed by atoms with E-state index < -0.39 is 12.1 Å². The molecule has 0 heterocycles. The number of fused-ring (bicyclic) bond motifs is 1. The van der Waals surface area contributed by atoms with Gasteiger partial charge in [0, 0.05) is 16.1 Å². The van der Waals surface area contributed by atoms with Gasteiger partial charge in [0.05, 0.1) is 0 Å². The van der Waals surface area contributed by atoms with Gasteiger partial charge in [-0.15, -0.1) is 0 Å². The average molecular weight is 368 g/mol. The number of ether oxygens (including phenoxy) is 1. The summed E-state index contributed by atoms with van der Waals surface area (Å²) in [5.74, 6) is -0.843. The van der Waals surface area contributed by atoms with E-state index in [0.717, 1.165) is 16.3 Å². The molecule has 0 spiro atoms. The first-order valence-corrected chi connectivity index (χ1v) is 8.63. The van der Waals surface area contributed by atoms with E-state index in [9.17, 15) is 9.59 Å². The molecule has 26 heavy (non-hydrogen) atoms. The van der Waals surface area contributed by atoms with Crippen LogP contribution in [-0.4, -0.2) is 18.4 Å². The van der Waals surface area contributed by atoms with Gasteiger partial charge in [-0.25, -0.2) is 0 Å². The molecule has 1 atom stereocenters. The van der Waals surface area contributed by atoms with Gasteiger partial charge in [0.15, 0.2) is 0 Å². The van der Waals surface area contributed by atoms with Gasteiger partial charge >= 0.3 is 5.97 Å². The summed E-state index contributed by atoms with van der Waals surface area (Å²) in [6, 6.07) is 20.3. The number of rotatable bonds is 5. The molecule has 1 N–H and O–H groups in total. The third-order valence-electron chi connectivity index (χ3n) is 4.06. The van der Waals surface area contributed by atoms with Crippen LogP contribution in [0.15, 0.2) is 66.7 Å². The number of halogens is 1. The quantitative estimate of drug-likeness (QED) is 0.674. The SMILES string of the molecule is C[C@@H](OC(=O)CNC(=O)c1ccc2ccccc2c1)c1ccccc1Cl. The van der Waals surface area contributed by atoms with Crippen LogP contribution in [0.2, 0.25) is 5.02 Å². The molecule has 0 unspecified atom stereocenters. The number of carbonyl (C=O) groups excluding carboxylic acids is 2. The molecule has 0 bridgehead atoms. The molecular weight excluding hydrogens is 350 g/mol. The van der Waals surface area contributed by atoms with E-state index in [-0.39, 0.29) is 12.5 Å². The number of benzene rings is 3. The summed E-state index contributed by atoms with van der Waals surface area (Å²) in [6.45, 7) is 1.53. The lowest BCUT2D eigenvalue weighted by Crippen LogP contribution is -2.31. The van der Waals surface area contributed by atoms with Crippen molar-refractivity contribution in [2.75, 3.05) is 6.54 Å². The summed E-state index contributed by atoms with van der Waals surface area (Å²) >= 11 is 6.10. The van der Waals surface area contributed by atoms with Gasteiger partial charge in [0.2, 0.25) is 0 Å². The minimum absolute atomic E-state index is 0.208.